The minimum Gasteiger partial charge on any atom is -0.479 e. The zero-order valence-corrected chi connectivity index (χ0v) is 4.46. The van der Waals surface area contributed by atoms with E-state index in [-0.39, 0.29) is 0 Å². The maximum Gasteiger partial charge on any atom is 0.348 e. The third-order valence-electron chi connectivity index (χ3n) is 0.402. The minimum atomic E-state index is -2.68. The van der Waals surface area contributed by atoms with E-state index in [1.54, 1.807) is 0 Å². The lowest BCUT2D eigenvalue weighted by Gasteiger charge is -1.94. The number of aliphatic hydroxyl groups excluding tert-OH is 1. The van der Waals surface area contributed by atoms with Gasteiger partial charge in [-0.15, -0.1) is 0 Å². The lowest BCUT2D eigenvalue weighted by Crippen LogP contribution is -2.23. The van der Waals surface area contributed by atoms with Gasteiger partial charge in [-0.3, -0.25) is 0 Å². The Morgan fingerprint density at radius 2 is 2.00 bits per heavy atom. The summed E-state index contributed by atoms with van der Waals surface area (Å²) < 4.78 is 17.5. The summed E-state index contributed by atoms with van der Waals surface area (Å²) in [4.78, 5) is 9.54. The highest BCUT2D eigenvalue weighted by molar-refractivity contribution is 7.80. The van der Waals surface area contributed by atoms with Crippen molar-refractivity contribution in [1.82, 2.24) is 0 Å². The van der Waals surface area contributed by atoms with Crippen LogP contribution in [-0.4, -0.2) is 30.4 Å². The van der Waals surface area contributed by atoms with Crippen molar-refractivity contribution in [3.8, 4) is 0 Å². The Morgan fingerprint density at radius 3 is 2.00 bits per heavy atom. The molecule has 0 heterocycles. The maximum absolute atomic E-state index is 9.62. The van der Waals surface area contributed by atoms with Crippen LogP contribution < -0.4 is 0 Å². The Hall–Kier alpha value is -0.460. The highest BCUT2D eigenvalue weighted by atomic mass is 32.2. The summed E-state index contributed by atoms with van der Waals surface area (Å²) in [6, 6.07) is 0. The molecule has 0 bridgehead atoms. The average molecular weight is 140 g/mol. The van der Waals surface area contributed by atoms with Crippen LogP contribution in [0.5, 0.6) is 0 Å². The van der Waals surface area contributed by atoms with Gasteiger partial charge in [0.25, 0.3) is 5.44 Å². The normalized spacial score (nSPS) is 17.2. The molecule has 0 aromatic heterocycles. The summed E-state index contributed by atoms with van der Waals surface area (Å²) in [5.74, 6) is -1.70. The van der Waals surface area contributed by atoms with Gasteiger partial charge in [-0.25, -0.2) is 9.00 Å². The van der Waals surface area contributed by atoms with E-state index < -0.39 is 22.5 Å². The molecule has 6 heteroatoms. The van der Waals surface area contributed by atoms with Crippen LogP contribution in [0.4, 0.5) is 0 Å². The monoisotopic (exact) mass is 140 g/mol. The SMILES string of the molecule is O=C(O)C(O)S(=O)O. The number of aliphatic hydroxyl groups is 1. The van der Waals surface area contributed by atoms with Gasteiger partial charge in [-0.1, -0.05) is 0 Å². The van der Waals surface area contributed by atoms with E-state index in [1.807, 2.05) is 0 Å². The van der Waals surface area contributed by atoms with E-state index in [0.717, 1.165) is 0 Å². The van der Waals surface area contributed by atoms with Crippen molar-refractivity contribution in [2.45, 2.75) is 5.44 Å². The van der Waals surface area contributed by atoms with Crippen molar-refractivity contribution in [2.75, 3.05) is 0 Å². The fourth-order valence-electron chi connectivity index (χ4n) is 0.0862. The number of hydrogen-bond donors (Lipinski definition) is 3. The Balaban J connectivity index is 3.83. The number of carbonyl (C=O) groups is 1. The Labute approximate surface area is 47.2 Å². The molecular weight excluding hydrogens is 136 g/mol. The quantitative estimate of drug-likeness (QED) is 0.410. The van der Waals surface area contributed by atoms with Crippen LogP contribution in [0.15, 0.2) is 0 Å². The van der Waals surface area contributed by atoms with Crippen LogP contribution in [0.2, 0.25) is 0 Å². The second-order valence-corrected chi connectivity index (χ2v) is 1.97. The topological polar surface area (TPSA) is 94.8 Å². The zero-order valence-electron chi connectivity index (χ0n) is 3.64. The number of hydrogen-bond acceptors (Lipinski definition) is 3. The second-order valence-electron chi connectivity index (χ2n) is 0.967. The van der Waals surface area contributed by atoms with Crippen molar-refractivity contribution in [3.63, 3.8) is 0 Å². The second kappa shape index (κ2) is 2.75. The molecular formula is C2H4O5S. The first-order valence-electron chi connectivity index (χ1n) is 1.56. The summed E-state index contributed by atoms with van der Waals surface area (Å²) >= 11 is -2.68. The summed E-state index contributed by atoms with van der Waals surface area (Å²) in [5.41, 5.74) is -2.19. The molecule has 0 aromatic carbocycles. The third-order valence-corrected chi connectivity index (χ3v) is 0.986. The predicted molar refractivity (Wildman–Crippen MR) is 24.4 cm³/mol. The first kappa shape index (κ1) is 7.54. The van der Waals surface area contributed by atoms with E-state index in [0.29, 0.717) is 0 Å². The van der Waals surface area contributed by atoms with Crippen LogP contribution in [-0.2, 0) is 15.9 Å². The molecule has 0 rings (SSSR count). The van der Waals surface area contributed by atoms with Crippen LogP contribution in [0.1, 0.15) is 0 Å². The predicted octanol–water partition coefficient (Wildman–Crippen LogP) is -1.39. The van der Waals surface area contributed by atoms with Crippen LogP contribution in [0.3, 0.4) is 0 Å². The number of carboxylic acids is 1. The molecule has 0 radical (unpaired) electrons. The lowest BCUT2D eigenvalue weighted by molar-refractivity contribution is -0.142. The summed E-state index contributed by atoms with van der Waals surface area (Å²) in [6.07, 6.45) is 0. The van der Waals surface area contributed by atoms with Crippen LogP contribution >= 0.6 is 0 Å². The van der Waals surface area contributed by atoms with E-state index in [9.17, 15) is 9.00 Å². The standard InChI is InChI=1S/C2H4O5S/c3-1(4)2(5)8(6)7/h2,5H,(H,3,4)(H,6,7). The van der Waals surface area contributed by atoms with E-state index in [1.165, 1.54) is 0 Å². The summed E-state index contributed by atoms with van der Waals surface area (Å²) in [7, 11) is 0. The maximum atomic E-state index is 9.62. The van der Waals surface area contributed by atoms with Gasteiger partial charge in [0, 0.05) is 0 Å². The van der Waals surface area contributed by atoms with Gasteiger partial charge >= 0.3 is 5.97 Å². The first-order chi connectivity index (χ1) is 3.55. The van der Waals surface area contributed by atoms with E-state index in [4.69, 9.17) is 14.8 Å². The van der Waals surface area contributed by atoms with Gasteiger partial charge in [-0.05, 0) is 0 Å². The van der Waals surface area contributed by atoms with Gasteiger partial charge in [0.2, 0.25) is 0 Å². The molecule has 2 unspecified atom stereocenters. The van der Waals surface area contributed by atoms with Gasteiger partial charge in [0.1, 0.15) is 0 Å². The molecule has 5 nitrogen and oxygen atoms in total. The highest BCUT2D eigenvalue weighted by Gasteiger charge is 2.18. The Kier molecular flexibility index (Phi) is 2.59. The van der Waals surface area contributed by atoms with E-state index in [2.05, 4.69) is 0 Å². The van der Waals surface area contributed by atoms with Gasteiger partial charge < -0.3 is 14.8 Å². The number of carboxylic acid groups (broad SMARTS) is 1. The molecule has 0 aliphatic rings. The molecule has 0 aliphatic carbocycles. The Bertz CT molecular complexity index is 106. The largest absolute Gasteiger partial charge is 0.479 e. The highest BCUT2D eigenvalue weighted by Crippen LogP contribution is 1.85. The molecule has 48 valence electrons. The molecule has 0 saturated carbocycles. The summed E-state index contributed by atoms with van der Waals surface area (Å²) in [6.45, 7) is 0. The molecule has 2 atom stereocenters. The first-order valence-corrected chi connectivity index (χ1v) is 2.73. The fourth-order valence-corrected chi connectivity index (χ4v) is 0.259. The van der Waals surface area contributed by atoms with Gasteiger partial charge in [0.05, 0.1) is 0 Å². The number of aliphatic carboxylic acids is 1. The molecule has 0 fully saturated rings. The lowest BCUT2D eigenvalue weighted by atomic mass is 10.7. The minimum absolute atomic E-state index is 1.70. The third kappa shape index (κ3) is 2.01. The van der Waals surface area contributed by atoms with Crippen molar-refractivity contribution in [3.05, 3.63) is 0 Å². The molecule has 3 N–H and O–H groups in total. The van der Waals surface area contributed by atoms with Crippen molar-refractivity contribution >= 4 is 17.0 Å². The molecule has 0 aliphatic heterocycles. The summed E-state index contributed by atoms with van der Waals surface area (Å²) in [5, 5.41) is 15.8. The van der Waals surface area contributed by atoms with Crippen LogP contribution in [0, 0.1) is 0 Å². The molecule has 8 heavy (non-hydrogen) atoms. The van der Waals surface area contributed by atoms with Gasteiger partial charge in [-0.2, -0.15) is 0 Å². The van der Waals surface area contributed by atoms with Crippen LogP contribution in [0.25, 0.3) is 0 Å². The van der Waals surface area contributed by atoms with Crippen molar-refractivity contribution < 1.29 is 23.8 Å². The van der Waals surface area contributed by atoms with Gasteiger partial charge in [0.15, 0.2) is 11.1 Å². The molecule has 0 spiro atoms. The Morgan fingerprint density at radius 1 is 1.62 bits per heavy atom. The smallest absolute Gasteiger partial charge is 0.348 e. The number of rotatable bonds is 2. The fraction of sp³-hybridized carbons (Fsp3) is 0.500. The van der Waals surface area contributed by atoms with Crippen molar-refractivity contribution in [1.29, 1.82) is 0 Å². The zero-order chi connectivity index (χ0) is 6.73. The molecule has 0 saturated heterocycles. The molecule has 0 aromatic rings. The van der Waals surface area contributed by atoms with E-state index >= 15 is 0 Å². The van der Waals surface area contributed by atoms with Crippen molar-refractivity contribution in [2.24, 2.45) is 0 Å². The molecule has 0 amide bonds. The average Bonchev–Trinajstić information content (AvgIpc) is 1.64.